The van der Waals surface area contributed by atoms with Crippen LogP contribution in [0.4, 0.5) is 0 Å². The molecule has 3 rings (SSSR count). The molecule has 0 spiro atoms. The molecule has 0 saturated carbocycles. The molecule has 1 aliphatic rings. The monoisotopic (exact) mass is 320 g/mol. The van der Waals surface area contributed by atoms with E-state index < -0.39 is 0 Å². The molecule has 0 unspecified atom stereocenters. The number of ether oxygens (including phenoxy) is 1. The Kier molecular flexibility index (Phi) is 4.54. The van der Waals surface area contributed by atoms with E-state index in [2.05, 4.69) is 15.3 Å². The third-order valence-electron chi connectivity index (χ3n) is 3.99. The highest BCUT2D eigenvalue weighted by Gasteiger charge is 2.27. The summed E-state index contributed by atoms with van der Waals surface area (Å²) in [7, 11) is 1.96. The van der Waals surface area contributed by atoms with E-state index in [1.54, 1.807) is 11.8 Å². The summed E-state index contributed by atoms with van der Waals surface area (Å²) in [6.07, 6.45) is 5.96. The van der Waals surface area contributed by atoms with Gasteiger partial charge in [-0.05, 0) is 19.3 Å². The van der Waals surface area contributed by atoms with Crippen molar-refractivity contribution in [2.45, 2.75) is 38.3 Å². The zero-order valence-corrected chi connectivity index (χ0v) is 13.6. The zero-order valence-electron chi connectivity index (χ0n) is 12.8. The van der Waals surface area contributed by atoms with Gasteiger partial charge in [-0.2, -0.15) is 0 Å². The van der Waals surface area contributed by atoms with Crippen LogP contribution >= 0.6 is 11.3 Å². The smallest absolute Gasteiger partial charge is 0.263 e. The van der Waals surface area contributed by atoms with Crippen LogP contribution in [0.25, 0.3) is 0 Å². The molecular formula is C15H20N4O2S. The number of carbonyl (C=O) groups excluding carboxylic acids is 1. The van der Waals surface area contributed by atoms with Gasteiger partial charge in [0.1, 0.15) is 11.0 Å². The number of aromatic nitrogens is 3. The van der Waals surface area contributed by atoms with Crippen molar-refractivity contribution in [2.75, 3.05) is 6.61 Å². The van der Waals surface area contributed by atoms with Gasteiger partial charge in [-0.25, -0.2) is 9.97 Å². The van der Waals surface area contributed by atoms with Gasteiger partial charge in [0.25, 0.3) is 5.91 Å². The molecule has 3 heterocycles. The van der Waals surface area contributed by atoms with Gasteiger partial charge in [0, 0.05) is 19.7 Å². The van der Waals surface area contributed by atoms with Crippen molar-refractivity contribution in [1.29, 1.82) is 0 Å². The van der Waals surface area contributed by atoms with Gasteiger partial charge in [0.05, 0.1) is 29.4 Å². The number of nitrogens with zero attached hydrogens (tertiary/aromatic N) is 3. The van der Waals surface area contributed by atoms with E-state index in [1.165, 1.54) is 11.3 Å². The number of amides is 1. The first-order chi connectivity index (χ1) is 10.7. The predicted octanol–water partition coefficient (Wildman–Crippen LogP) is 2.09. The first kappa shape index (κ1) is 15.2. The molecule has 118 valence electrons. The van der Waals surface area contributed by atoms with Gasteiger partial charge in [-0.1, -0.05) is 6.92 Å². The number of aryl methyl sites for hydroxylation is 2. The number of hydrogen-bond donors (Lipinski definition) is 1. The Balaban J connectivity index is 1.65. The quantitative estimate of drug-likeness (QED) is 0.936. The highest BCUT2D eigenvalue weighted by Crippen LogP contribution is 2.28. The largest absolute Gasteiger partial charge is 0.372 e. The highest BCUT2D eigenvalue weighted by atomic mass is 32.1. The summed E-state index contributed by atoms with van der Waals surface area (Å²) < 4.78 is 7.79. The number of thiazole rings is 1. The molecule has 1 N–H and O–H groups in total. The van der Waals surface area contributed by atoms with Crippen LogP contribution in [0, 0.1) is 0 Å². The Bertz CT molecular complexity index is 652. The highest BCUT2D eigenvalue weighted by molar-refractivity contribution is 7.11. The predicted molar refractivity (Wildman–Crippen MR) is 83.9 cm³/mol. The van der Waals surface area contributed by atoms with Crippen molar-refractivity contribution in [3.8, 4) is 0 Å². The van der Waals surface area contributed by atoms with Crippen LogP contribution in [-0.2, 0) is 18.2 Å². The van der Waals surface area contributed by atoms with E-state index >= 15 is 0 Å². The minimum Gasteiger partial charge on any atom is -0.372 e. The van der Waals surface area contributed by atoms with Gasteiger partial charge in [0.15, 0.2) is 0 Å². The average Bonchev–Trinajstić information content (AvgIpc) is 3.15. The van der Waals surface area contributed by atoms with Crippen LogP contribution < -0.4 is 5.32 Å². The van der Waals surface area contributed by atoms with Crippen LogP contribution in [0.5, 0.6) is 0 Å². The molecule has 2 aromatic rings. The fourth-order valence-electron chi connectivity index (χ4n) is 2.77. The van der Waals surface area contributed by atoms with Crippen LogP contribution in [0.3, 0.4) is 0 Å². The number of carbonyl (C=O) groups is 1. The average molecular weight is 320 g/mol. The molecule has 2 atom stereocenters. The number of imidazole rings is 1. The van der Waals surface area contributed by atoms with E-state index in [1.807, 2.05) is 24.7 Å². The molecule has 2 aromatic heterocycles. The van der Waals surface area contributed by atoms with Gasteiger partial charge in [0.2, 0.25) is 0 Å². The molecule has 0 aromatic carbocycles. The summed E-state index contributed by atoms with van der Waals surface area (Å²) in [5.41, 5.74) is 3.65. The fraction of sp³-hybridized carbons (Fsp3) is 0.533. The maximum absolute atomic E-state index is 12.4. The summed E-state index contributed by atoms with van der Waals surface area (Å²) in [5, 5.41) is 3.13. The second kappa shape index (κ2) is 6.58. The lowest BCUT2D eigenvalue weighted by Gasteiger charge is -2.30. The van der Waals surface area contributed by atoms with Gasteiger partial charge in [-0.3, -0.25) is 4.79 Å². The van der Waals surface area contributed by atoms with E-state index in [-0.39, 0.29) is 18.1 Å². The Hall–Kier alpha value is -1.73. The van der Waals surface area contributed by atoms with E-state index in [9.17, 15) is 4.79 Å². The van der Waals surface area contributed by atoms with Crippen LogP contribution in [0.1, 0.15) is 46.9 Å². The summed E-state index contributed by atoms with van der Waals surface area (Å²) in [5.74, 6) is -0.0185. The van der Waals surface area contributed by atoms with Crippen molar-refractivity contribution in [3.63, 3.8) is 0 Å². The van der Waals surface area contributed by atoms with Crippen LogP contribution in [0.15, 0.2) is 18.0 Å². The van der Waals surface area contributed by atoms with E-state index in [0.717, 1.165) is 35.5 Å². The van der Waals surface area contributed by atoms with Gasteiger partial charge >= 0.3 is 0 Å². The Labute approximate surface area is 133 Å². The molecule has 1 saturated heterocycles. The maximum atomic E-state index is 12.4. The lowest BCUT2D eigenvalue weighted by Crippen LogP contribution is -2.40. The number of nitrogens with one attached hydrogen (secondary N) is 1. The second-order valence-electron chi connectivity index (χ2n) is 5.47. The normalized spacial score (nSPS) is 21.7. The van der Waals surface area contributed by atoms with Crippen LogP contribution in [-0.4, -0.2) is 33.1 Å². The summed E-state index contributed by atoms with van der Waals surface area (Å²) in [6, 6.07) is 0.118. The molecule has 0 aliphatic carbocycles. The number of hydrogen-bond acceptors (Lipinski definition) is 5. The third kappa shape index (κ3) is 3.05. The van der Waals surface area contributed by atoms with E-state index in [4.69, 9.17) is 4.74 Å². The Morgan fingerprint density at radius 3 is 3.18 bits per heavy atom. The van der Waals surface area contributed by atoms with Gasteiger partial charge < -0.3 is 14.6 Å². The van der Waals surface area contributed by atoms with E-state index in [0.29, 0.717) is 6.61 Å². The second-order valence-corrected chi connectivity index (χ2v) is 6.32. The molecule has 1 amide bonds. The molecule has 22 heavy (non-hydrogen) atoms. The lowest BCUT2D eigenvalue weighted by atomic mass is 10.0. The zero-order chi connectivity index (χ0) is 15.5. The molecule has 0 radical (unpaired) electrons. The molecule has 0 bridgehead atoms. The first-order valence-electron chi connectivity index (χ1n) is 7.50. The minimum atomic E-state index is -0.0185. The van der Waals surface area contributed by atoms with Crippen molar-refractivity contribution in [3.05, 3.63) is 34.3 Å². The van der Waals surface area contributed by atoms with Crippen molar-refractivity contribution < 1.29 is 9.53 Å². The summed E-state index contributed by atoms with van der Waals surface area (Å²) >= 11 is 1.40. The molecule has 1 fully saturated rings. The standard InChI is InChI=1S/C15H20N4O2S/c1-3-11-14(22-9-17-11)15(20)18-10-4-5-21-13(6-10)12-7-16-8-19(12)2/h7-10,13H,3-6H2,1-2H3,(H,18,20)/t10-,13+/m1/s1. The molecule has 6 nitrogen and oxygen atoms in total. The summed E-state index contributed by atoms with van der Waals surface area (Å²) in [4.78, 5) is 21.5. The Morgan fingerprint density at radius 1 is 1.59 bits per heavy atom. The van der Waals surface area contributed by atoms with Crippen molar-refractivity contribution >= 4 is 17.2 Å². The number of rotatable bonds is 4. The molecular weight excluding hydrogens is 300 g/mol. The molecule has 7 heteroatoms. The van der Waals surface area contributed by atoms with Gasteiger partial charge in [-0.15, -0.1) is 11.3 Å². The minimum absolute atomic E-state index is 0.0151. The Morgan fingerprint density at radius 2 is 2.45 bits per heavy atom. The van der Waals surface area contributed by atoms with Crippen molar-refractivity contribution in [1.82, 2.24) is 19.9 Å². The summed E-state index contributed by atoms with van der Waals surface area (Å²) in [6.45, 7) is 2.66. The fourth-order valence-corrected chi connectivity index (χ4v) is 3.55. The lowest BCUT2D eigenvalue weighted by molar-refractivity contribution is -0.00299. The molecule has 1 aliphatic heterocycles. The SMILES string of the molecule is CCc1ncsc1C(=O)N[C@@H]1CCO[C@H](c2cncn2C)C1. The maximum Gasteiger partial charge on any atom is 0.263 e. The van der Waals surface area contributed by atoms with Crippen molar-refractivity contribution in [2.24, 2.45) is 7.05 Å². The topological polar surface area (TPSA) is 69.0 Å². The van der Waals surface area contributed by atoms with Crippen LogP contribution in [0.2, 0.25) is 0 Å². The third-order valence-corrected chi connectivity index (χ3v) is 4.85. The first-order valence-corrected chi connectivity index (χ1v) is 8.38.